The minimum atomic E-state index is -0.155. The van der Waals surface area contributed by atoms with Gasteiger partial charge in [0.2, 0.25) is 5.90 Å². The first-order valence-corrected chi connectivity index (χ1v) is 6.36. The van der Waals surface area contributed by atoms with Gasteiger partial charge in [0.25, 0.3) is 5.91 Å². The molecule has 4 nitrogen and oxygen atoms in total. The van der Waals surface area contributed by atoms with Gasteiger partial charge in [0, 0.05) is 5.56 Å². The molecule has 0 saturated heterocycles. The molecule has 0 spiro atoms. The van der Waals surface area contributed by atoms with E-state index in [2.05, 4.69) is 5.10 Å². The van der Waals surface area contributed by atoms with E-state index in [1.54, 1.807) is 0 Å². The van der Waals surface area contributed by atoms with Crippen LogP contribution < -0.4 is 5.01 Å². The van der Waals surface area contributed by atoms with Gasteiger partial charge in [-0.15, -0.1) is 16.4 Å². The Morgan fingerprint density at radius 3 is 2.72 bits per heavy atom. The molecule has 1 amide bonds. The number of carbonyl (C=O) groups excluding carboxylic acids is 1. The highest BCUT2D eigenvalue weighted by Crippen LogP contribution is 2.24. The van der Waals surface area contributed by atoms with Crippen LogP contribution in [0.25, 0.3) is 0 Å². The third kappa shape index (κ3) is 2.00. The minimum Gasteiger partial charge on any atom is -0.466 e. The molecule has 0 N–H and O–H groups in total. The second kappa shape index (κ2) is 4.62. The number of nitrogens with zero attached hydrogens (tertiary/aromatic N) is 2. The summed E-state index contributed by atoms with van der Waals surface area (Å²) in [6, 6.07) is 13.3. The SMILES string of the molecule is O=C1COC(c2ccccc2)=NN1c1cccs1. The van der Waals surface area contributed by atoms with Crippen molar-refractivity contribution >= 4 is 28.1 Å². The van der Waals surface area contributed by atoms with Crippen LogP contribution in [0.5, 0.6) is 0 Å². The van der Waals surface area contributed by atoms with E-state index in [0.29, 0.717) is 5.90 Å². The molecular weight excluding hydrogens is 248 g/mol. The van der Waals surface area contributed by atoms with Crippen LogP contribution in [-0.2, 0) is 9.53 Å². The fourth-order valence-electron chi connectivity index (χ4n) is 1.65. The van der Waals surface area contributed by atoms with Gasteiger partial charge in [-0.3, -0.25) is 4.79 Å². The first kappa shape index (κ1) is 11.0. The van der Waals surface area contributed by atoms with Gasteiger partial charge in [-0.1, -0.05) is 18.2 Å². The van der Waals surface area contributed by atoms with Crippen molar-refractivity contribution in [1.82, 2.24) is 0 Å². The Hall–Kier alpha value is -2.14. The second-order valence-corrected chi connectivity index (χ2v) is 4.64. The molecule has 0 bridgehead atoms. The Morgan fingerprint density at radius 1 is 1.17 bits per heavy atom. The molecule has 1 aliphatic rings. The van der Waals surface area contributed by atoms with E-state index in [1.165, 1.54) is 16.3 Å². The Bertz CT molecular complexity index is 578. The van der Waals surface area contributed by atoms with E-state index < -0.39 is 0 Å². The number of benzene rings is 1. The summed E-state index contributed by atoms with van der Waals surface area (Å²) in [5, 5.41) is 8.38. The fraction of sp³-hybridized carbons (Fsp3) is 0.0769. The van der Waals surface area contributed by atoms with Gasteiger partial charge in [0.15, 0.2) is 6.61 Å². The molecule has 0 radical (unpaired) electrons. The van der Waals surface area contributed by atoms with Crippen molar-refractivity contribution in [1.29, 1.82) is 0 Å². The number of ether oxygens (including phenoxy) is 1. The van der Waals surface area contributed by atoms with Gasteiger partial charge in [-0.2, -0.15) is 5.01 Å². The molecule has 3 rings (SSSR count). The number of anilines is 1. The lowest BCUT2D eigenvalue weighted by Crippen LogP contribution is -2.36. The molecule has 0 atom stereocenters. The quantitative estimate of drug-likeness (QED) is 0.830. The molecule has 2 heterocycles. The topological polar surface area (TPSA) is 41.9 Å². The first-order valence-electron chi connectivity index (χ1n) is 5.48. The van der Waals surface area contributed by atoms with Crippen LogP contribution in [-0.4, -0.2) is 18.4 Å². The molecule has 18 heavy (non-hydrogen) atoms. The smallest absolute Gasteiger partial charge is 0.286 e. The maximum absolute atomic E-state index is 11.8. The molecule has 0 unspecified atom stereocenters. The number of hydrazone groups is 1. The molecule has 0 fully saturated rings. The van der Waals surface area contributed by atoms with Crippen molar-refractivity contribution in [3.63, 3.8) is 0 Å². The number of carbonyl (C=O) groups is 1. The molecule has 0 saturated carbocycles. The number of thiophene rings is 1. The van der Waals surface area contributed by atoms with Crippen LogP contribution in [0.15, 0.2) is 52.9 Å². The zero-order valence-corrected chi connectivity index (χ0v) is 10.3. The Morgan fingerprint density at radius 2 is 2.00 bits per heavy atom. The summed E-state index contributed by atoms with van der Waals surface area (Å²) in [5.74, 6) is 0.320. The summed E-state index contributed by atoms with van der Waals surface area (Å²) in [4.78, 5) is 11.8. The summed E-state index contributed by atoms with van der Waals surface area (Å²) in [6.07, 6.45) is 0. The summed E-state index contributed by atoms with van der Waals surface area (Å²) in [7, 11) is 0. The Labute approximate surface area is 108 Å². The summed E-state index contributed by atoms with van der Waals surface area (Å²) < 4.78 is 5.37. The van der Waals surface area contributed by atoms with Crippen LogP contribution >= 0.6 is 11.3 Å². The van der Waals surface area contributed by atoms with Gasteiger partial charge in [0.1, 0.15) is 5.00 Å². The zero-order chi connectivity index (χ0) is 12.4. The third-order valence-electron chi connectivity index (χ3n) is 2.50. The van der Waals surface area contributed by atoms with Crippen molar-refractivity contribution in [2.45, 2.75) is 0 Å². The van der Waals surface area contributed by atoms with E-state index in [9.17, 15) is 4.79 Å². The lowest BCUT2D eigenvalue weighted by atomic mass is 10.2. The van der Waals surface area contributed by atoms with Gasteiger partial charge in [0.05, 0.1) is 0 Å². The third-order valence-corrected chi connectivity index (χ3v) is 3.34. The molecular formula is C13H10N2O2S. The van der Waals surface area contributed by atoms with Crippen molar-refractivity contribution in [3.05, 3.63) is 53.4 Å². The van der Waals surface area contributed by atoms with Crippen LogP contribution in [0.2, 0.25) is 0 Å². The van der Waals surface area contributed by atoms with Crippen LogP contribution in [0.1, 0.15) is 5.56 Å². The van der Waals surface area contributed by atoms with E-state index >= 15 is 0 Å². The summed E-state index contributed by atoms with van der Waals surface area (Å²) in [6.45, 7) is 0.0195. The lowest BCUT2D eigenvalue weighted by molar-refractivity contribution is -0.121. The fourth-order valence-corrected chi connectivity index (χ4v) is 2.35. The highest BCUT2D eigenvalue weighted by molar-refractivity contribution is 7.14. The molecule has 0 aliphatic carbocycles. The molecule has 5 heteroatoms. The summed E-state index contributed by atoms with van der Waals surface area (Å²) in [5.41, 5.74) is 0.867. The Kier molecular flexibility index (Phi) is 2.82. The predicted molar refractivity (Wildman–Crippen MR) is 70.7 cm³/mol. The van der Waals surface area contributed by atoms with Crippen molar-refractivity contribution < 1.29 is 9.53 Å². The monoisotopic (exact) mass is 258 g/mol. The molecule has 1 aromatic heterocycles. The minimum absolute atomic E-state index is 0.0195. The van der Waals surface area contributed by atoms with Gasteiger partial charge in [-0.25, -0.2) is 0 Å². The van der Waals surface area contributed by atoms with Crippen LogP contribution in [0, 0.1) is 0 Å². The first-order chi connectivity index (χ1) is 8.84. The van der Waals surface area contributed by atoms with Crippen molar-refractivity contribution in [2.24, 2.45) is 5.10 Å². The molecule has 2 aromatic rings. The standard InChI is InChI=1S/C13H10N2O2S/c16-11-9-17-13(10-5-2-1-3-6-10)14-15(11)12-7-4-8-18-12/h1-8H,9H2. The normalized spacial score (nSPS) is 15.2. The largest absolute Gasteiger partial charge is 0.466 e. The zero-order valence-electron chi connectivity index (χ0n) is 9.45. The number of amides is 1. The van der Waals surface area contributed by atoms with E-state index in [4.69, 9.17) is 4.74 Å². The highest BCUT2D eigenvalue weighted by Gasteiger charge is 2.24. The van der Waals surface area contributed by atoms with Crippen LogP contribution in [0.3, 0.4) is 0 Å². The van der Waals surface area contributed by atoms with Gasteiger partial charge < -0.3 is 4.74 Å². The van der Waals surface area contributed by atoms with E-state index in [0.717, 1.165) is 10.6 Å². The van der Waals surface area contributed by atoms with Crippen LogP contribution in [0.4, 0.5) is 5.00 Å². The lowest BCUT2D eigenvalue weighted by Gasteiger charge is -2.22. The summed E-state index contributed by atoms with van der Waals surface area (Å²) >= 11 is 1.47. The highest BCUT2D eigenvalue weighted by atomic mass is 32.1. The van der Waals surface area contributed by atoms with E-state index in [1.807, 2.05) is 47.8 Å². The number of hydrogen-bond donors (Lipinski definition) is 0. The number of rotatable bonds is 2. The van der Waals surface area contributed by atoms with Gasteiger partial charge >= 0.3 is 0 Å². The van der Waals surface area contributed by atoms with E-state index in [-0.39, 0.29) is 12.5 Å². The maximum Gasteiger partial charge on any atom is 0.286 e. The predicted octanol–water partition coefficient (Wildman–Crippen LogP) is 2.47. The van der Waals surface area contributed by atoms with Crippen molar-refractivity contribution in [2.75, 3.05) is 11.6 Å². The number of hydrogen-bond acceptors (Lipinski definition) is 4. The maximum atomic E-state index is 11.8. The average Bonchev–Trinajstić information content (AvgIpc) is 2.94. The second-order valence-electron chi connectivity index (χ2n) is 3.72. The molecule has 90 valence electrons. The van der Waals surface area contributed by atoms with Crippen molar-refractivity contribution in [3.8, 4) is 0 Å². The van der Waals surface area contributed by atoms with Gasteiger partial charge in [-0.05, 0) is 29.6 Å². The molecule has 1 aliphatic heterocycles. The Balaban J connectivity index is 1.97. The molecule has 1 aromatic carbocycles. The average molecular weight is 258 g/mol.